The lowest BCUT2D eigenvalue weighted by Gasteiger charge is -2.15. The summed E-state index contributed by atoms with van der Waals surface area (Å²) in [7, 11) is 0. The number of rotatable bonds is 4. The Morgan fingerprint density at radius 3 is 2.78 bits per heavy atom. The number of anilines is 2. The zero-order chi connectivity index (χ0) is 19.0. The molecule has 0 aliphatic heterocycles. The first kappa shape index (κ1) is 17.0. The van der Waals surface area contributed by atoms with E-state index in [0.717, 1.165) is 4.47 Å². The van der Waals surface area contributed by atoms with Crippen LogP contribution in [0.2, 0.25) is 0 Å². The second kappa shape index (κ2) is 6.69. The Bertz CT molecular complexity index is 1160. The number of phenols is 1. The number of carboxylic acids is 1. The van der Waals surface area contributed by atoms with E-state index in [4.69, 9.17) is 4.52 Å². The molecule has 4 rings (SSSR count). The van der Waals surface area contributed by atoms with E-state index in [2.05, 4.69) is 36.4 Å². The van der Waals surface area contributed by atoms with Gasteiger partial charge in [0.1, 0.15) is 11.3 Å². The summed E-state index contributed by atoms with van der Waals surface area (Å²) < 4.78 is 5.65. The normalized spacial score (nSPS) is 10.9. The van der Waals surface area contributed by atoms with Gasteiger partial charge in [-0.15, -0.1) is 0 Å². The molecule has 0 saturated heterocycles. The van der Waals surface area contributed by atoms with Gasteiger partial charge in [-0.3, -0.25) is 4.98 Å². The van der Waals surface area contributed by atoms with Crippen LogP contribution < -0.4 is 5.32 Å². The molecule has 0 radical (unpaired) electrons. The number of nitrogens with one attached hydrogen (secondary N) is 1. The van der Waals surface area contributed by atoms with Crippen molar-refractivity contribution in [1.82, 2.24) is 15.1 Å². The van der Waals surface area contributed by atoms with Crippen molar-refractivity contribution in [2.75, 3.05) is 5.32 Å². The maximum absolute atomic E-state index is 11.6. The molecule has 0 aliphatic rings. The fourth-order valence-corrected chi connectivity index (χ4v) is 3.12. The van der Waals surface area contributed by atoms with Gasteiger partial charge in [0.2, 0.25) is 12.2 Å². The van der Waals surface area contributed by atoms with Crippen LogP contribution in [0, 0.1) is 0 Å². The minimum atomic E-state index is -1.25. The number of aromatic carboxylic acids is 1. The third kappa shape index (κ3) is 3.08. The van der Waals surface area contributed by atoms with Gasteiger partial charge in [-0.05, 0) is 30.3 Å². The van der Waals surface area contributed by atoms with E-state index >= 15 is 0 Å². The zero-order valence-electron chi connectivity index (χ0n) is 13.5. The van der Waals surface area contributed by atoms with Crippen LogP contribution in [0.1, 0.15) is 10.4 Å². The number of nitrogens with zero attached hydrogens (tertiary/aromatic N) is 3. The molecular formula is C18H11BrN4O4. The molecule has 4 aromatic rings. The average Bonchev–Trinajstić information content (AvgIpc) is 3.16. The van der Waals surface area contributed by atoms with Gasteiger partial charge in [0.25, 0.3) is 0 Å². The van der Waals surface area contributed by atoms with Crippen LogP contribution in [0.25, 0.3) is 22.3 Å². The SMILES string of the molecule is O=C(O)c1c(O)cccc1Nc1c(-c2ncon2)cnc2ccc(Br)cc12. The van der Waals surface area contributed by atoms with E-state index < -0.39 is 5.97 Å². The molecule has 0 fully saturated rings. The standard InChI is InChI=1S/C18H11BrN4O4/c19-9-4-5-12-10(6-9)16(11(7-20-12)17-21-8-27-23-17)22-13-2-1-3-14(24)15(13)18(25)26/h1-8,24H,(H,20,22)(H,25,26). The molecule has 0 bridgehead atoms. The molecule has 2 aromatic heterocycles. The molecule has 0 amide bonds. The largest absolute Gasteiger partial charge is 0.507 e. The van der Waals surface area contributed by atoms with Crippen molar-refractivity contribution in [2.45, 2.75) is 0 Å². The van der Waals surface area contributed by atoms with E-state index in [-0.39, 0.29) is 17.0 Å². The lowest BCUT2D eigenvalue weighted by Crippen LogP contribution is -2.05. The smallest absolute Gasteiger partial charge is 0.341 e. The first-order valence-corrected chi connectivity index (χ1v) is 8.51. The van der Waals surface area contributed by atoms with Gasteiger partial charge in [-0.25, -0.2) is 4.79 Å². The van der Waals surface area contributed by atoms with Crippen LogP contribution in [-0.2, 0) is 0 Å². The first-order valence-electron chi connectivity index (χ1n) is 7.72. The number of halogens is 1. The molecular weight excluding hydrogens is 416 g/mol. The van der Waals surface area contributed by atoms with E-state index in [9.17, 15) is 15.0 Å². The molecule has 2 aromatic carbocycles. The maximum atomic E-state index is 11.6. The highest BCUT2D eigenvalue weighted by molar-refractivity contribution is 9.10. The molecule has 27 heavy (non-hydrogen) atoms. The molecule has 0 spiro atoms. The van der Waals surface area contributed by atoms with Gasteiger partial charge < -0.3 is 20.1 Å². The number of aromatic nitrogens is 3. The topological polar surface area (TPSA) is 121 Å². The molecule has 0 unspecified atom stereocenters. The van der Waals surface area contributed by atoms with E-state index in [0.29, 0.717) is 28.0 Å². The summed E-state index contributed by atoms with van der Waals surface area (Å²) in [5.74, 6) is -1.30. The lowest BCUT2D eigenvalue weighted by molar-refractivity contribution is 0.0695. The van der Waals surface area contributed by atoms with Gasteiger partial charge in [0.15, 0.2) is 0 Å². The van der Waals surface area contributed by atoms with Crippen LogP contribution in [0.3, 0.4) is 0 Å². The van der Waals surface area contributed by atoms with E-state index in [1.165, 1.54) is 12.5 Å². The number of hydrogen-bond acceptors (Lipinski definition) is 7. The molecule has 9 heteroatoms. The molecule has 2 heterocycles. The summed E-state index contributed by atoms with van der Waals surface area (Å²) in [6, 6.07) is 9.95. The summed E-state index contributed by atoms with van der Waals surface area (Å²) in [6.45, 7) is 0. The van der Waals surface area contributed by atoms with Crippen LogP contribution in [0.5, 0.6) is 5.75 Å². The second-order valence-electron chi connectivity index (χ2n) is 5.59. The highest BCUT2D eigenvalue weighted by Gasteiger charge is 2.19. The average molecular weight is 427 g/mol. The minimum absolute atomic E-state index is 0.222. The van der Waals surface area contributed by atoms with Crippen molar-refractivity contribution in [1.29, 1.82) is 0 Å². The number of fused-ring (bicyclic) bond motifs is 1. The van der Waals surface area contributed by atoms with Crippen LogP contribution in [-0.4, -0.2) is 31.3 Å². The second-order valence-corrected chi connectivity index (χ2v) is 6.51. The summed E-state index contributed by atoms with van der Waals surface area (Å²) in [4.78, 5) is 20.1. The molecule has 0 aliphatic carbocycles. The van der Waals surface area contributed by atoms with Gasteiger partial charge in [-0.1, -0.05) is 27.2 Å². The number of carboxylic acid groups (broad SMARTS) is 1. The van der Waals surface area contributed by atoms with Gasteiger partial charge in [-0.2, -0.15) is 4.98 Å². The predicted octanol–water partition coefficient (Wildman–Crippen LogP) is 4.19. The number of hydrogen-bond donors (Lipinski definition) is 3. The Kier molecular flexibility index (Phi) is 4.21. The fourth-order valence-electron chi connectivity index (χ4n) is 2.76. The Morgan fingerprint density at radius 2 is 2.04 bits per heavy atom. The van der Waals surface area contributed by atoms with E-state index in [1.807, 2.05) is 18.2 Å². The highest BCUT2D eigenvalue weighted by Crippen LogP contribution is 2.37. The number of benzene rings is 2. The van der Waals surface area contributed by atoms with Crippen molar-refractivity contribution in [3.8, 4) is 17.1 Å². The summed E-state index contributed by atoms with van der Waals surface area (Å²) in [5.41, 5.74) is 1.73. The summed E-state index contributed by atoms with van der Waals surface area (Å²) >= 11 is 3.44. The molecule has 0 saturated carbocycles. The Hall–Kier alpha value is -3.46. The van der Waals surface area contributed by atoms with Gasteiger partial charge in [0, 0.05) is 16.1 Å². The van der Waals surface area contributed by atoms with Gasteiger partial charge >= 0.3 is 5.97 Å². The third-order valence-electron chi connectivity index (χ3n) is 3.95. The lowest BCUT2D eigenvalue weighted by atomic mass is 10.1. The first-order chi connectivity index (χ1) is 13.0. The summed E-state index contributed by atoms with van der Waals surface area (Å²) in [6.07, 6.45) is 2.77. The van der Waals surface area contributed by atoms with Crippen LogP contribution in [0.15, 0.2) is 58.0 Å². The van der Waals surface area contributed by atoms with Crippen molar-refractivity contribution >= 4 is 44.2 Å². The third-order valence-corrected chi connectivity index (χ3v) is 4.44. The highest BCUT2D eigenvalue weighted by atomic mass is 79.9. The molecule has 3 N–H and O–H groups in total. The molecule has 134 valence electrons. The predicted molar refractivity (Wildman–Crippen MR) is 101 cm³/mol. The molecule has 8 nitrogen and oxygen atoms in total. The number of aromatic hydroxyl groups is 1. The quantitative estimate of drug-likeness (QED) is 0.443. The molecule has 0 atom stereocenters. The monoisotopic (exact) mass is 426 g/mol. The Balaban J connectivity index is 1.98. The van der Waals surface area contributed by atoms with Gasteiger partial charge in [0.05, 0.1) is 22.5 Å². The van der Waals surface area contributed by atoms with Crippen molar-refractivity contribution < 1.29 is 19.5 Å². The van der Waals surface area contributed by atoms with Crippen LogP contribution in [0.4, 0.5) is 11.4 Å². The minimum Gasteiger partial charge on any atom is -0.507 e. The zero-order valence-corrected chi connectivity index (χ0v) is 15.1. The summed E-state index contributed by atoms with van der Waals surface area (Å²) in [5, 5.41) is 27.1. The van der Waals surface area contributed by atoms with Crippen molar-refractivity contribution in [3.05, 3.63) is 59.0 Å². The van der Waals surface area contributed by atoms with Crippen molar-refractivity contribution in [3.63, 3.8) is 0 Å². The Labute approximate surface area is 160 Å². The number of pyridine rings is 1. The van der Waals surface area contributed by atoms with E-state index in [1.54, 1.807) is 18.3 Å². The van der Waals surface area contributed by atoms with Crippen LogP contribution >= 0.6 is 15.9 Å². The fraction of sp³-hybridized carbons (Fsp3) is 0. The maximum Gasteiger partial charge on any atom is 0.341 e. The Morgan fingerprint density at radius 1 is 1.19 bits per heavy atom. The van der Waals surface area contributed by atoms with Crippen molar-refractivity contribution in [2.24, 2.45) is 0 Å². The number of carbonyl (C=O) groups is 1.